The van der Waals surface area contributed by atoms with Crippen molar-refractivity contribution in [1.29, 1.82) is 0 Å². The van der Waals surface area contributed by atoms with Gasteiger partial charge in [0.15, 0.2) is 0 Å². The standard InChI is InChI=1S/C31H33FN4O2/c1-4-27(23-11-7-5-8-12-23)31(38)35(20-22(2)3)21-30(37)33-29-19-28(24-13-9-6-10-14-24)34-36(29)26-17-15-25(32)16-18-26/h5-19,22,27H,4,20-21H2,1-3H3,(H,33,37)/t27-/m0/s1. The first-order chi connectivity index (χ1) is 18.4. The van der Waals surface area contributed by atoms with Gasteiger partial charge in [0.2, 0.25) is 11.8 Å². The summed E-state index contributed by atoms with van der Waals surface area (Å²) in [6.45, 7) is 6.40. The number of hydrogen-bond donors (Lipinski definition) is 1. The van der Waals surface area contributed by atoms with Crippen molar-refractivity contribution in [1.82, 2.24) is 14.7 Å². The highest BCUT2D eigenvalue weighted by molar-refractivity contribution is 5.95. The van der Waals surface area contributed by atoms with Gasteiger partial charge in [-0.15, -0.1) is 0 Å². The van der Waals surface area contributed by atoms with E-state index in [2.05, 4.69) is 10.4 Å². The van der Waals surface area contributed by atoms with Crippen LogP contribution < -0.4 is 5.32 Å². The molecule has 0 unspecified atom stereocenters. The van der Waals surface area contributed by atoms with E-state index in [4.69, 9.17) is 0 Å². The minimum atomic E-state index is -0.360. The van der Waals surface area contributed by atoms with Crippen molar-refractivity contribution in [2.45, 2.75) is 33.1 Å². The Morgan fingerprint density at radius 3 is 2.18 bits per heavy atom. The maximum absolute atomic E-state index is 13.6. The summed E-state index contributed by atoms with van der Waals surface area (Å²) in [5, 5.41) is 7.62. The van der Waals surface area contributed by atoms with E-state index in [-0.39, 0.29) is 36.0 Å². The third-order valence-electron chi connectivity index (χ3n) is 6.26. The van der Waals surface area contributed by atoms with Gasteiger partial charge in [-0.1, -0.05) is 81.4 Å². The fourth-order valence-corrected chi connectivity index (χ4v) is 4.49. The highest BCUT2D eigenvalue weighted by Gasteiger charge is 2.27. The Bertz CT molecular complexity index is 1350. The highest BCUT2D eigenvalue weighted by Crippen LogP contribution is 2.26. The van der Waals surface area contributed by atoms with Gasteiger partial charge in [-0.05, 0) is 42.2 Å². The molecule has 4 rings (SSSR count). The molecule has 0 spiro atoms. The Kier molecular flexibility index (Phi) is 8.69. The quantitative estimate of drug-likeness (QED) is 0.271. The van der Waals surface area contributed by atoms with Gasteiger partial charge in [0.1, 0.15) is 11.6 Å². The summed E-state index contributed by atoms with van der Waals surface area (Å²) < 4.78 is 15.2. The monoisotopic (exact) mass is 512 g/mol. The lowest BCUT2D eigenvalue weighted by Gasteiger charge is -2.28. The van der Waals surface area contributed by atoms with Crippen molar-refractivity contribution in [2.75, 3.05) is 18.4 Å². The van der Waals surface area contributed by atoms with E-state index in [1.54, 1.807) is 27.8 Å². The van der Waals surface area contributed by atoms with Crippen LogP contribution in [0.1, 0.15) is 38.7 Å². The number of anilines is 1. The van der Waals surface area contributed by atoms with Gasteiger partial charge in [-0.2, -0.15) is 5.10 Å². The number of nitrogens with one attached hydrogen (secondary N) is 1. The van der Waals surface area contributed by atoms with Crippen molar-refractivity contribution >= 4 is 17.6 Å². The molecule has 0 aliphatic heterocycles. The molecule has 0 radical (unpaired) electrons. The van der Waals surface area contributed by atoms with E-state index < -0.39 is 0 Å². The maximum Gasteiger partial charge on any atom is 0.245 e. The van der Waals surface area contributed by atoms with Gasteiger partial charge in [0, 0.05) is 18.2 Å². The van der Waals surface area contributed by atoms with Crippen LogP contribution >= 0.6 is 0 Å². The first-order valence-corrected chi connectivity index (χ1v) is 12.9. The molecule has 2 amide bonds. The summed E-state index contributed by atoms with van der Waals surface area (Å²) in [5.74, 6) is -0.454. The minimum absolute atomic E-state index is 0.0698. The molecule has 1 heterocycles. The fourth-order valence-electron chi connectivity index (χ4n) is 4.49. The van der Waals surface area contributed by atoms with Crippen molar-refractivity contribution < 1.29 is 14.0 Å². The zero-order valence-corrected chi connectivity index (χ0v) is 22.0. The Labute approximate surface area is 223 Å². The first-order valence-electron chi connectivity index (χ1n) is 12.9. The molecule has 38 heavy (non-hydrogen) atoms. The lowest BCUT2D eigenvalue weighted by molar-refractivity contribution is -0.136. The van der Waals surface area contributed by atoms with Crippen molar-refractivity contribution in [2.24, 2.45) is 5.92 Å². The van der Waals surface area contributed by atoms with Crippen LogP contribution in [0.3, 0.4) is 0 Å². The van der Waals surface area contributed by atoms with Crippen molar-refractivity contribution in [3.63, 3.8) is 0 Å². The van der Waals surface area contributed by atoms with Crippen LogP contribution in [-0.4, -0.2) is 39.6 Å². The van der Waals surface area contributed by atoms with E-state index in [0.29, 0.717) is 30.2 Å². The minimum Gasteiger partial charge on any atom is -0.333 e. The molecule has 1 aromatic heterocycles. The normalized spacial score (nSPS) is 11.8. The Hall–Kier alpha value is -4.26. The second-order valence-corrected chi connectivity index (χ2v) is 9.70. The predicted octanol–water partition coefficient (Wildman–Crippen LogP) is 6.30. The van der Waals surface area contributed by atoms with E-state index in [1.165, 1.54) is 12.1 Å². The Morgan fingerprint density at radius 1 is 0.947 bits per heavy atom. The molecule has 1 N–H and O–H groups in total. The molecule has 0 fully saturated rings. The van der Waals surface area contributed by atoms with Gasteiger partial charge >= 0.3 is 0 Å². The number of benzene rings is 3. The van der Waals surface area contributed by atoms with E-state index in [1.807, 2.05) is 81.4 Å². The molecule has 1 atom stereocenters. The van der Waals surface area contributed by atoms with Crippen LogP contribution in [0.2, 0.25) is 0 Å². The molecule has 0 saturated heterocycles. The number of carbonyl (C=O) groups is 2. The summed E-state index contributed by atoms with van der Waals surface area (Å²) in [6.07, 6.45) is 0.636. The van der Waals surface area contributed by atoms with Gasteiger partial charge in [0.05, 0.1) is 23.8 Å². The lowest BCUT2D eigenvalue weighted by atomic mass is 9.94. The van der Waals surface area contributed by atoms with Crippen molar-refractivity contribution in [3.05, 3.63) is 102 Å². The second kappa shape index (κ2) is 12.3. The summed E-state index contributed by atoms with van der Waals surface area (Å²) in [5.41, 5.74) is 3.09. The SMILES string of the molecule is CC[C@H](C(=O)N(CC(=O)Nc1cc(-c2ccccc2)nn1-c1ccc(F)cc1)CC(C)C)c1ccccc1. The van der Waals surface area contributed by atoms with Gasteiger partial charge in [-0.3, -0.25) is 9.59 Å². The molecule has 0 bridgehead atoms. The number of halogens is 1. The molecular formula is C31H33FN4O2. The first kappa shape index (κ1) is 26.8. The summed E-state index contributed by atoms with van der Waals surface area (Å²) in [4.78, 5) is 28.6. The average Bonchev–Trinajstić information content (AvgIpc) is 3.33. The summed E-state index contributed by atoms with van der Waals surface area (Å²) >= 11 is 0. The average molecular weight is 513 g/mol. The van der Waals surface area contributed by atoms with Crippen molar-refractivity contribution in [3.8, 4) is 16.9 Å². The smallest absolute Gasteiger partial charge is 0.245 e. The molecule has 0 saturated carbocycles. The summed E-state index contributed by atoms with van der Waals surface area (Å²) in [6, 6.07) is 27.0. The van der Waals surface area contributed by atoms with Crippen LogP contribution in [0.5, 0.6) is 0 Å². The van der Waals surface area contributed by atoms with Gasteiger partial charge in [-0.25, -0.2) is 9.07 Å². The number of carbonyl (C=O) groups excluding carboxylic acids is 2. The molecule has 4 aromatic rings. The topological polar surface area (TPSA) is 67.2 Å². The van der Waals surface area contributed by atoms with E-state index >= 15 is 0 Å². The number of hydrogen-bond acceptors (Lipinski definition) is 3. The Balaban J connectivity index is 1.60. The number of amides is 2. The third-order valence-corrected chi connectivity index (χ3v) is 6.26. The molecule has 0 aliphatic rings. The van der Waals surface area contributed by atoms with Gasteiger partial charge < -0.3 is 10.2 Å². The molecular weight excluding hydrogens is 479 g/mol. The van der Waals surface area contributed by atoms with E-state index in [9.17, 15) is 14.0 Å². The number of aromatic nitrogens is 2. The predicted molar refractivity (Wildman–Crippen MR) is 148 cm³/mol. The highest BCUT2D eigenvalue weighted by atomic mass is 19.1. The molecule has 6 nitrogen and oxygen atoms in total. The molecule has 0 aliphatic carbocycles. The number of nitrogens with zero attached hydrogens (tertiary/aromatic N) is 3. The fraction of sp³-hybridized carbons (Fsp3) is 0.258. The van der Waals surface area contributed by atoms with Crippen LogP contribution in [0.25, 0.3) is 16.9 Å². The zero-order valence-electron chi connectivity index (χ0n) is 22.0. The molecule has 196 valence electrons. The largest absolute Gasteiger partial charge is 0.333 e. The van der Waals surface area contributed by atoms with Crippen LogP contribution in [0.4, 0.5) is 10.2 Å². The lowest BCUT2D eigenvalue weighted by Crippen LogP contribution is -2.42. The molecule has 3 aromatic carbocycles. The van der Waals surface area contributed by atoms with Crippen LogP contribution in [-0.2, 0) is 9.59 Å². The number of rotatable bonds is 10. The molecule has 7 heteroatoms. The summed E-state index contributed by atoms with van der Waals surface area (Å²) in [7, 11) is 0. The zero-order chi connectivity index (χ0) is 27.1. The van der Waals surface area contributed by atoms with Crippen LogP contribution in [0, 0.1) is 11.7 Å². The van der Waals surface area contributed by atoms with E-state index in [0.717, 1.165) is 11.1 Å². The second-order valence-electron chi connectivity index (χ2n) is 9.70. The Morgan fingerprint density at radius 2 is 1.58 bits per heavy atom. The maximum atomic E-state index is 13.6. The van der Waals surface area contributed by atoms with Gasteiger partial charge in [0.25, 0.3) is 0 Å². The third kappa shape index (κ3) is 6.54. The van der Waals surface area contributed by atoms with Crippen LogP contribution in [0.15, 0.2) is 91.0 Å².